The Balaban J connectivity index is 2.37. The van der Waals surface area contributed by atoms with Crippen LogP contribution in [0.2, 0.25) is 0 Å². The quantitative estimate of drug-likeness (QED) is 0.605. The van der Waals surface area contributed by atoms with Gasteiger partial charge in [-0.2, -0.15) is 0 Å². The van der Waals surface area contributed by atoms with Gasteiger partial charge in [-0.3, -0.25) is 0 Å². The molecule has 1 fully saturated rings. The monoisotopic (exact) mass is 155 g/mol. The molecule has 0 unspecified atom stereocenters. The summed E-state index contributed by atoms with van der Waals surface area (Å²) in [6, 6.07) is 0. The van der Waals surface area contributed by atoms with E-state index in [-0.39, 0.29) is 12.4 Å². The van der Waals surface area contributed by atoms with E-state index in [1.54, 1.807) is 7.11 Å². The van der Waals surface area contributed by atoms with Gasteiger partial charge in [-0.1, -0.05) is 13.8 Å². The molecule has 2 nitrogen and oxygen atoms in total. The fourth-order valence-corrected chi connectivity index (χ4v) is 1.20. The second-order valence-electron chi connectivity index (χ2n) is 2.74. The van der Waals surface area contributed by atoms with Crippen molar-refractivity contribution in [3.05, 3.63) is 18.8 Å². The Bertz CT molecular complexity index is 114. The van der Waals surface area contributed by atoms with Crippen molar-refractivity contribution in [2.75, 3.05) is 7.11 Å². The summed E-state index contributed by atoms with van der Waals surface area (Å²) in [4.78, 5) is 0. The minimum absolute atomic E-state index is 0.149. The van der Waals surface area contributed by atoms with E-state index >= 15 is 0 Å². The Labute approximate surface area is 68.9 Å². The Morgan fingerprint density at radius 1 is 1.64 bits per heavy atom. The lowest BCUT2D eigenvalue weighted by Gasteiger charge is -2.32. The predicted molar refractivity (Wildman–Crippen MR) is 43.5 cm³/mol. The largest absolute Gasteiger partial charge is 0.356 e. The lowest BCUT2D eigenvalue weighted by molar-refractivity contribution is -0.138. The van der Waals surface area contributed by atoms with Gasteiger partial charge in [-0.15, -0.1) is 0 Å². The lowest BCUT2D eigenvalue weighted by atomic mass is 9.94. The Hall–Kier alpha value is -0.0800. The van der Waals surface area contributed by atoms with E-state index in [9.17, 15) is 0 Å². The first-order valence-electron chi connectivity index (χ1n) is 3.97. The van der Waals surface area contributed by atoms with Crippen molar-refractivity contribution >= 4 is 0 Å². The summed E-state index contributed by atoms with van der Waals surface area (Å²) in [7, 11) is 1.66. The molecule has 1 saturated heterocycles. The zero-order valence-electron chi connectivity index (χ0n) is 7.33. The second kappa shape index (κ2) is 4.07. The molecule has 0 amide bonds. The lowest BCUT2D eigenvalue weighted by Crippen LogP contribution is -2.33. The highest BCUT2D eigenvalue weighted by molar-refractivity contribution is 5.16. The van der Waals surface area contributed by atoms with E-state index in [4.69, 9.17) is 9.47 Å². The van der Waals surface area contributed by atoms with Crippen LogP contribution in [0.25, 0.3) is 0 Å². The SMILES string of the molecule is CC[C@H]1O[C@@H](OC)[CH][CH][C]1C. The fraction of sp³-hybridized carbons (Fsp3) is 0.667. The second-order valence-corrected chi connectivity index (χ2v) is 2.74. The molecule has 0 aliphatic carbocycles. The highest BCUT2D eigenvalue weighted by Crippen LogP contribution is 2.26. The zero-order valence-corrected chi connectivity index (χ0v) is 7.33. The molecule has 1 aliphatic heterocycles. The molecule has 0 spiro atoms. The van der Waals surface area contributed by atoms with E-state index in [2.05, 4.69) is 20.3 Å². The molecule has 0 aromatic carbocycles. The third kappa shape index (κ3) is 2.17. The van der Waals surface area contributed by atoms with Crippen LogP contribution in [-0.4, -0.2) is 19.5 Å². The molecular weight excluding hydrogens is 140 g/mol. The molecule has 0 aromatic rings. The highest BCUT2D eigenvalue weighted by Gasteiger charge is 2.27. The molecule has 3 radical (unpaired) electrons. The van der Waals surface area contributed by atoms with E-state index in [1.165, 1.54) is 5.92 Å². The van der Waals surface area contributed by atoms with Crippen LogP contribution in [0, 0.1) is 18.8 Å². The van der Waals surface area contributed by atoms with Crippen molar-refractivity contribution < 1.29 is 9.47 Å². The van der Waals surface area contributed by atoms with Gasteiger partial charge in [0.05, 0.1) is 6.10 Å². The van der Waals surface area contributed by atoms with Crippen LogP contribution < -0.4 is 0 Å². The van der Waals surface area contributed by atoms with E-state index in [0.717, 1.165) is 6.42 Å². The maximum Gasteiger partial charge on any atom is 0.161 e. The summed E-state index contributed by atoms with van der Waals surface area (Å²) in [6.45, 7) is 4.19. The van der Waals surface area contributed by atoms with Crippen LogP contribution >= 0.6 is 0 Å². The maximum absolute atomic E-state index is 5.55. The Morgan fingerprint density at radius 2 is 2.36 bits per heavy atom. The normalized spacial score (nSPS) is 34.1. The summed E-state index contributed by atoms with van der Waals surface area (Å²) in [5.41, 5.74) is 0. The van der Waals surface area contributed by atoms with Crippen molar-refractivity contribution in [2.24, 2.45) is 0 Å². The fourth-order valence-electron chi connectivity index (χ4n) is 1.20. The molecule has 0 saturated carbocycles. The molecular formula is C9H15O2. The van der Waals surface area contributed by atoms with Gasteiger partial charge in [-0.25, -0.2) is 0 Å². The smallest absolute Gasteiger partial charge is 0.161 e. The average Bonchev–Trinajstić information content (AvgIpc) is 2.05. The summed E-state index contributed by atoms with van der Waals surface area (Å²) >= 11 is 0. The average molecular weight is 155 g/mol. The minimum Gasteiger partial charge on any atom is -0.356 e. The third-order valence-corrected chi connectivity index (χ3v) is 1.93. The van der Waals surface area contributed by atoms with Crippen LogP contribution in [0.1, 0.15) is 20.3 Å². The summed E-state index contributed by atoms with van der Waals surface area (Å²) in [6.07, 6.45) is 5.11. The van der Waals surface area contributed by atoms with Crippen molar-refractivity contribution in [2.45, 2.75) is 32.7 Å². The summed E-state index contributed by atoms with van der Waals surface area (Å²) in [5.74, 6) is 1.28. The zero-order chi connectivity index (χ0) is 8.27. The molecule has 2 heteroatoms. The molecule has 2 atom stereocenters. The molecule has 1 aliphatic rings. The van der Waals surface area contributed by atoms with Gasteiger partial charge in [0.1, 0.15) is 0 Å². The van der Waals surface area contributed by atoms with Gasteiger partial charge < -0.3 is 9.47 Å². The van der Waals surface area contributed by atoms with Gasteiger partial charge in [0.2, 0.25) is 0 Å². The van der Waals surface area contributed by atoms with Crippen LogP contribution in [0.4, 0.5) is 0 Å². The standard InChI is InChI=1S/C9H15O2/c1-4-8-7(2)5-6-9(10-3)11-8/h5-6,8-9H,4H2,1-3H3/t8-,9-/m1/s1. The van der Waals surface area contributed by atoms with Gasteiger partial charge in [0.25, 0.3) is 0 Å². The first-order chi connectivity index (χ1) is 5.27. The highest BCUT2D eigenvalue weighted by atomic mass is 16.7. The Kier molecular flexibility index (Phi) is 3.34. The third-order valence-electron chi connectivity index (χ3n) is 1.93. The molecule has 0 N–H and O–H groups in total. The number of ether oxygens (including phenoxy) is 2. The first kappa shape index (κ1) is 9.01. The van der Waals surface area contributed by atoms with E-state index < -0.39 is 0 Å². The van der Waals surface area contributed by atoms with Crippen LogP contribution in [-0.2, 0) is 9.47 Å². The number of methoxy groups -OCH3 is 1. The molecule has 1 rings (SSSR count). The van der Waals surface area contributed by atoms with Crippen LogP contribution in [0.5, 0.6) is 0 Å². The van der Waals surface area contributed by atoms with Gasteiger partial charge in [0, 0.05) is 19.4 Å². The Morgan fingerprint density at radius 3 is 2.91 bits per heavy atom. The first-order valence-corrected chi connectivity index (χ1v) is 3.97. The van der Waals surface area contributed by atoms with Gasteiger partial charge in [-0.05, 0) is 12.8 Å². The number of hydrogen-bond donors (Lipinski definition) is 0. The van der Waals surface area contributed by atoms with Crippen molar-refractivity contribution in [1.29, 1.82) is 0 Å². The molecule has 0 aromatic heterocycles. The van der Waals surface area contributed by atoms with Crippen molar-refractivity contribution in [1.82, 2.24) is 0 Å². The van der Waals surface area contributed by atoms with Gasteiger partial charge >= 0.3 is 0 Å². The molecule has 1 heterocycles. The van der Waals surface area contributed by atoms with Crippen molar-refractivity contribution in [3.8, 4) is 0 Å². The maximum atomic E-state index is 5.55. The van der Waals surface area contributed by atoms with Crippen molar-refractivity contribution in [3.63, 3.8) is 0 Å². The molecule has 63 valence electrons. The summed E-state index contributed by atoms with van der Waals surface area (Å²) in [5, 5.41) is 0. The predicted octanol–water partition coefficient (Wildman–Crippen LogP) is 1.77. The molecule has 0 bridgehead atoms. The van der Waals surface area contributed by atoms with E-state index in [1.807, 2.05) is 6.42 Å². The number of hydrogen-bond acceptors (Lipinski definition) is 2. The van der Waals surface area contributed by atoms with Crippen LogP contribution in [0.3, 0.4) is 0 Å². The minimum atomic E-state index is -0.149. The summed E-state index contributed by atoms with van der Waals surface area (Å²) < 4.78 is 10.6. The molecule has 11 heavy (non-hydrogen) atoms. The number of rotatable bonds is 2. The van der Waals surface area contributed by atoms with Gasteiger partial charge in [0.15, 0.2) is 6.29 Å². The van der Waals surface area contributed by atoms with E-state index in [0.29, 0.717) is 0 Å². The topological polar surface area (TPSA) is 18.5 Å². The van der Waals surface area contributed by atoms with Crippen LogP contribution in [0.15, 0.2) is 0 Å².